The second kappa shape index (κ2) is 4.31. The highest BCUT2D eigenvalue weighted by atomic mass is 32.1. The van der Waals surface area contributed by atoms with Crippen molar-refractivity contribution in [3.8, 4) is 0 Å². The fraction of sp³-hybridized carbons (Fsp3) is 0.429. The van der Waals surface area contributed by atoms with Gasteiger partial charge in [-0.15, -0.1) is 11.3 Å². The molecular weight excluding hydrogens is 188 g/mol. The van der Waals surface area contributed by atoms with Gasteiger partial charge in [0, 0.05) is 6.54 Å². The normalized spacial score (nSPS) is 10.5. The minimum absolute atomic E-state index is 0.289. The SMILES string of the molecule is CN(C)Cc1ncc(C(=O)NN)s1. The molecule has 0 bridgehead atoms. The number of rotatable bonds is 3. The van der Waals surface area contributed by atoms with E-state index in [1.807, 2.05) is 19.0 Å². The first-order chi connectivity index (χ1) is 6.13. The van der Waals surface area contributed by atoms with Crippen LogP contribution in [0, 0.1) is 0 Å². The lowest BCUT2D eigenvalue weighted by Gasteiger charge is -2.04. The molecule has 0 atom stereocenters. The lowest BCUT2D eigenvalue weighted by Crippen LogP contribution is -2.29. The van der Waals surface area contributed by atoms with Crippen LogP contribution in [-0.2, 0) is 6.54 Å². The van der Waals surface area contributed by atoms with E-state index >= 15 is 0 Å². The van der Waals surface area contributed by atoms with E-state index in [2.05, 4.69) is 10.4 Å². The van der Waals surface area contributed by atoms with E-state index in [4.69, 9.17) is 5.84 Å². The number of aromatic nitrogens is 1. The summed E-state index contributed by atoms with van der Waals surface area (Å²) in [6.07, 6.45) is 1.53. The molecule has 0 saturated carbocycles. The van der Waals surface area contributed by atoms with Gasteiger partial charge in [-0.05, 0) is 14.1 Å². The summed E-state index contributed by atoms with van der Waals surface area (Å²) in [6.45, 7) is 0.739. The number of nitrogens with zero attached hydrogens (tertiary/aromatic N) is 2. The highest BCUT2D eigenvalue weighted by molar-refractivity contribution is 7.13. The van der Waals surface area contributed by atoms with Crippen molar-refractivity contribution in [1.29, 1.82) is 0 Å². The van der Waals surface area contributed by atoms with Crippen molar-refractivity contribution in [2.24, 2.45) is 5.84 Å². The number of nitrogens with two attached hydrogens (primary N) is 1. The van der Waals surface area contributed by atoms with E-state index in [-0.39, 0.29) is 5.91 Å². The number of carbonyl (C=O) groups excluding carboxylic acids is 1. The molecule has 0 unspecified atom stereocenters. The standard InChI is InChI=1S/C7H12N4OS/c1-11(2)4-6-9-3-5(13-6)7(12)10-8/h3H,4,8H2,1-2H3,(H,10,12). The number of nitrogen functional groups attached to an aromatic ring is 1. The average Bonchev–Trinajstić information content (AvgIpc) is 2.50. The molecule has 0 aliphatic carbocycles. The van der Waals surface area contributed by atoms with Crippen LogP contribution in [0.2, 0.25) is 0 Å². The zero-order valence-electron chi connectivity index (χ0n) is 7.57. The maximum absolute atomic E-state index is 11.0. The molecule has 3 N–H and O–H groups in total. The van der Waals surface area contributed by atoms with Gasteiger partial charge in [-0.25, -0.2) is 10.8 Å². The fourth-order valence-electron chi connectivity index (χ4n) is 0.830. The summed E-state index contributed by atoms with van der Waals surface area (Å²) < 4.78 is 0. The van der Waals surface area contributed by atoms with E-state index in [0.717, 1.165) is 11.6 Å². The largest absolute Gasteiger partial charge is 0.303 e. The molecular formula is C7H12N4OS. The number of hydrazine groups is 1. The van der Waals surface area contributed by atoms with Gasteiger partial charge >= 0.3 is 0 Å². The molecule has 1 aromatic heterocycles. The molecule has 5 nitrogen and oxygen atoms in total. The molecule has 0 radical (unpaired) electrons. The van der Waals surface area contributed by atoms with Gasteiger partial charge in [-0.3, -0.25) is 10.2 Å². The summed E-state index contributed by atoms with van der Waals surface area (Å²) in [5.41, 5.74) is 2.07. The van der Waals surface area contributed by atoms with Crippen LogP contribution in [0.5, 0.6) is 0 Å². The van der Waals surface area contributed by atoms with E-state index in [1.54, 1.807) is 0 Å². The predicted molar refractivity (Wildman–Crippen MR) is 51.2 cm³/mol. The Bertz CT molecular complexity index is 296. The second-order valence-electron chi connectivity index (χ2n) is 2.83. The van der Waals surface area contributed by atoms with Crippen LogP contribution in [0.4, 0.5) is 0 Å². The molecule has 0 aliphatic rings. The third-order valence-corrected chi connectivity index (χ3v) is 2.34. The molecule has 13 heavy (non-hydrogen) atoms. The Hall–Kier alpha value is -0.980. The molecule has 1 aromatic rings. The minimum atomic E-state index is -0.289. The molecule has 0 fully saturated rings. The van der Waals surface area contributed by atoms with Gasteiger partial charge in [0.2, 0.25) is 0 Å². The Morgan fingerprint density at radius 2 is 2.46 bits per heavy atom. The summed E-state index contributed by atoms with van der Waals surface area (Å²) in [5, 5.41) is 0.906. The van der Waals surface area contributed by atoms with E-state index in [1.165, 1.54) is 17.5 Å². The lowest BCUT2D eigenvalue weighted by molar-refractivity contribution is 0.0957. The third kappa shape index (κ3) is 2.76. The van der Waals surface area contributed by atoms with Crippen molar-refractivity contribution in [3.63, 3.8) is 0 Å². The van der Waals surface area contributed by atoms with Gasteiger partial charge in [0.05, 0.1) is 6.20 Å². The molecule has 1 heterocycles. The average molecular weight is 200 g/mol. The lowest BCUT2D eigenvalue weighted by atomic mass is 10.5. The van der Waals surface area contributed by atoms with Crippen molar-refractivity contribution < 1.29 is 4.79 Å². The van der Waals surface area contributed by atoms with E-state index in [9.17, 15) is 4.79 Å². The zero-order valence-corrected chi connectivity index (χ0v) is 8.39. The van der Waals surface area contributed by atoms with E-state index < -0.39 is 0 Å². The van der Waals surface area contributed by atoms with Gasteiger partial charge in [-0.1, -0.05) is 0 Å². The van der Waals surface area contributed by atoms with Crippen molar-refractivity contribution in [1.82, 2.24) is 15.3 Å². The number of hydrogen-bond acceptors (Lipinski definition) is 5. The van der Waals surface area contributed by atoms with Crippen molar-refractivity contribution >= 4 is 17.2 Å². The predicted octanol–water partition coefficient (Wildman–Crippen LogP) is -0.192. The number of hydrogen-bond donors (Lipinski definition) is 2. The molecule has 72 valence electrons. The molecule has 1 rings (SSSR count). The monoisotopic (exact) mass is 200 g/mol. The Morgan fingerprint density at radius 3 is 3.00 bits per heavy atom. The number of carbonyl (C=O) groups is 1. The Kier molecular flexibility index (Phi) is 3.35. The molecule has 1 amide bonds. The van der Waals surface area contributed by atoms with Gasteiger partial charge < -0.3 is 4.90 Å². The fourth-order valence-corrected chi connectivity index (χ4v) is 1.77. The first-order valence-corrected chi connectivity index (χ1v) is 4.55. The van der Waals surface area contributed by atoms with Crippen molar-refractivity contribution in [2.45, 2.75) is 6.54 Å². The summed E-state index contributed by atoms with van der Waals surface area (Å²) in [6, 6.07) is 0. The van der Waals surface area contributed by atoms with Crippen LogP contribution in [0.15, 0.2) is 6.20 Å². The van der Waals surface area contributed by atoms with Crippen LogP contribution < -0.4 is 11.3 Å². The van der Waals surface area contributed by atoms with Crippen LogP contribution in [-0.4, -0.2) is 29.9 Å². The van der Waals surface area contributed by atoms with Gasteiger partial charge in [0.25, 0.3) is 5.91 Å². The Morgan fingerprint density at radius 1 is 1.77 bits per heavy atom. The summed E-state index contributed by atoms with van der Waals surface area (Å²) >= 11 is 1.35. The topological polar surface area (TPSA) is 71.2 Å². The van der Waals surface area contributed by atoms with Crippen LogP contribution >= 0.6 is 11.3 Å². The van der Waals surface area contributed by atoms with Gasteiger partial charge in [-0.2, -0.15) is 0 Å². The summed E-state index contributed by atoms with van der Waals surface area (Å²) in [5.74, 6) is 4.69. The van der Waals surface area contributed by atoms with Gasteiger partial charge in [0.15, 0.2) is 0 Å². The number of thiazole rings is 1. The van der Waals surface area contributed by atoms with Crippen LogP contribution in [0.25, 0.3) is 0 Å². The summed E-state index contributed by atoms with van der Waals surface area (Å²) in [7, 11) is 3.90. The highest BCUT2D eigenvalue weighted by Crippen LogP contribution is 2.13. The minimum Gasteiger partial charge on any atom is -0.303 e. The molecule has 0 saturated heterocycles. The van der Waals surface area contributed by atoms with Crippen LogP contribution in [0.3, 0.4) is 0 Å². The van der Waals surface area contributed by atoms with Crippen LogP contribution in [0.1, 0.15) is 14.7 Å². The maximum atomic E-state index is 11.0. The van der Waals surface area contributed by atoms with E-state index in [0.29, 0.717) is 4.88 Å². The Balaban J connectivity index is 2.69. The van der Waals surface area contributed by atoms with Crippen molar-refractivity contribution in [3.05, 3.63) is 16.1 Å². The second-order valence-corrected chi connectivity index (χ2v) is 3.94. The summed E-state index contributed by atoms with van der Waals surface area (Å²) in [4.78, 5) is 17.6. The third-order valence-electron chi connectivity index (χ3n) is 1.36. The molecule has 0 aromatic carbocycles. The zero-order chi connectivity index (χ0) is 9.84. The first-order valence-electron chi connectivity index (χ1n) is 3.74. The molecule has 0 spiro atoms. The smallest absolute Gasteiger partial charge is 0.276 e. The quantitative estimate of drug-likeness (QED) is 0.403. The molecule has 6 heteroatoms. The maximum Gasteiger partial charge on any atom is 0.276 e. The van der Waals surface area contributed by atoms with Crippen molar-refractivity contribution in [2.75, 3.05) is 14.1 Å². The Labute approximate surface area is 80.5 Å². The number of nitrogens with one attached hydrogen (secondary N) is 1. The highest BCUT2D eigenvalue weighted by Gasteiger charge is 2.08. The first kappa shape index (κ1) is 10.1. The van der Waals surface area contributed by atoms with Gasteiger partial charge in [0.1, 0.15) is 9.88 Å². The molecule has 0 aliphatic heterocycles. The number of amides is 1.